The van der Waals surface area contributed by atoms with Crippen LogP contribution in [0, 0.1) is 0 Å². The highest BCUT2D eigenvalue weighted by atomic mass is 16.3. The fourth-order valence-electron chi connectivity index (χ4n) is 3.54. The van der Waals surface area contributed by atoms with E-state index in [0.717, 1.165) is 22.2 Å². The van der Waals surface area contributed by atoms with Crippen LogP contribution >= 0.6 is 0 Å². The number of rotatable bonds is 6. The molecule has 6 nitrogen and oxygen atoms in total. The third-order valence-corrected chi connectivity index (χ3v) is 5.18. The minimum absolute atomic E-state index is 0.0348. The lowest BCUT2D eigenvalue weighted by atomic mass is 10.0. The SMILES string of the molecule is CN(C(=O)CCN)c1ccc(N=C(c2ccccc2)c2c(O)[nH]c3ccccc23)cc1. The molecule has 0 spiro atoms. The van der Waals surface area contributed by atoms with Crippen LogP contribution in [0.2, 0.25) is 0 Å². The van der Waals surface area contributed by atoms with Crippen LogP contribution in [0.5, 0.6) is 5.88 Å². The molecule has 0 aliphatic carbocycles. The van der Waals surface area contributed by atoms with E-state index >= 15 is 0 Å². The van der Waals surface area contributed by atoms with E-state index in [1.807, 2.05) is 78.9 Å². The van der Waals surface area contributed by atoms with E-state index in [1.54, 1.807) is 11.9 Å². The van der Waals surface area contributed by atoms with Gasteiger partial charge in [0.25, 0.3) is 0 Å². The first kappa shape index (κ1) is 20.4. The molecule has 0 saturated heterocycles. The van der Waals surface area contributed by atoms with Gasteiger partial charge in [0.15, 0.2) is 5.88 Å². The number of hydrogen-bond acceptors (Lipinski definition) is 4. The van der Waals surface area contributed by atoms with Crippen LogP contribution in [0.25, 0.3) is 10.9 Å². The quantitative estimate of drug-likeness (QED) is 0.411. The average Bonchev–Trinajstić information content (AvgIpc) is 3.13. The Morgan fingerprint density at radius 2 is 1.68 bits per heavy atom. The van der Waals surface area contributed by atoms with Gasteiger partial charge in [-0.1, -0.05) is 48.5 Å². The second kappa shape index (κ2) is 8.85. The summed E-state index contributed by atoms with van der Waals surface area (Å²) in [7, 11) is 1.73. The Morgan fingerprint density at radius 3 is 2.39 bits per heavy atom. The summed E-state index contributed by atoms with van der Waals surface area (Å²) in [6.45, 7) is 0.320. The lowest BCUT2D eigenvalue weighted by Crippen LogP contribution is -2.27. The van der Waals surface area contributed by atoms with Crippen LogP contribution in [-0.4, -0.2) is 35.3 Å². The fourth-order valence-corrected chi connectivity index (χ4v) is 3.54. The molecule has 4 rings (SSSR count). The molecule has 31 heavy (non-hydrogen) atoms. The Hall–Kier alpha value is -3.90. The Labute approximate surface area is 180 Å². The lowest BCUT2D eigenvalue weighted by Gasteiger charge is -2.17. The van der Waals surface area contributed by atoms with Crippen LogP contribution in [-0.2, 0) is 4.79 Å². The summed E-state index contributed by atoms with van der Waals surface area (Å²) in [6.07, 6.45) is 0.300. The normalized spacial score (nSPS) is 11.6. The number of aromatic nitrogens is 1. The molecule has 0 fully saturated rings. The van der Waals surface area contributed by atoms with Gasteiger partial charge in [-0.05, 0) is 30.3 Å². The zero-order valence-electron chi connectivity index (χ0n) is 17.2. The van der Waals surface area contributed by atoms with Crippen molar-refractivity contribution < 1.29 is 9.90 Å². The molecule has 0 aliphatic heterocycles. The number of nitrogens with one attached hydrogen (secondary N) is 1. The number of H-pyrrole nitrogens is 1. The van der Waals surface area contributed by atoms with Crippen molar-refractivity contribution in [2.75, 3.05) is 18.5 Å². The minimum atomic E-state index is -0.0348. The number of para-hydroxylation sites is 1. The van der Waals surface area contributed by atoms with E-state index in [2.05, 4.69) is 4.98 Å². The Morgan fingerprint density at radius 1 is 1.00 bits per heavy atom. The van der Waals surface area contributed by atoms with Crippen LogP contribution in [0.1, 0.15) is 17.5 Å². The van der Waals surface area contributed by atoms with Gasteiger partial charge in [-0.2, -0.15) is 0 Å². The highest BCUT2D eigenvalue weighted by molar-refractivity contribution is 6.21. The van der Waals surface area contributed by atoms with Gasteiger partial charge in [0.2, 0.25) is 5.91 Å². The van der Waals surface area contributed by atoms with E-state index in [-0.39, 0.29) is 11.8 Å². The van der Waals surface area contributed by atoms with Gasteiger partial charge >= 0.3 is 0 Å². The largest absolute Gasteiger partial charge is 0.494 e. The Balaban J connectivity index is 1.78. The first-order valence-corrected chi connectivity index (χ1v) is 10.1. The summed E-state index contributed by atoms with van der Waals surface area (Å²) >= 11 is 0. The predicted molar refractivity (Wildman–Crippen MR) is 125 cm³/mol. The van der Waals surface area contributed by atoms with Crippen molar-refractivity contribution in [3.63, 3.8) is 0 Å². The molecule has 0 atom stereocenters. The standard InChI is InChI=1S/C25H24N4O2/c1-29(22(30)15-16-26)19-13-11-18(12-14-19)27-24(17-7-3-2-4-8-17)23-20-9-5-6-10-21(20)28-25(23)31/h2-14,28,31H,15-16,26H2,1H3. The van der Waals surface area contributed by atoms with Crippen LogP contribution in [0.3, 0.4) is 0 Å². The van der Waals surface area contributed by atoms with Crippen molar-refractivity contribution in [2.24, 2.45) is 10.7 Å². The molecule has 0 unspecified atom stereocenters. The van der Waals surface area contributed by atoms with Crippen molar-refractivity contribution in [1.29, 1.82) is 0 Å². The van der Waals surface area contributed by atoms with Crippen molar-refractivity contribution in [3.05, 3.63) is 90.0 Å². The number of fused-ring (bicyclic) bond motifs is 1. The maximum absolute atomic E-state index is 12.1. The number of benzene rings is 3. The molecule has 1 amide bonds. The van der Waals surface area contributed by atoms with Crippen LogP contribution in [0.15, 0.2) is 83.9 Å². The predicted octanol–water partition coefficient (Wildman–Crippen LogP) is 4.35. The van der Waals surface area contributed by atoms with E-state index in [9.17, 15) is 9.90 Å². The topological polar surface area (TPSA) is 94.7 Å². The van der Waals surface area contributed by atoms with Gasteiger partial charge in [0.05, 0.1) is 17.0 Å². The third kappa shape index (κ3) is 4.20. The number of anilines is 1. The molecule has 1 heterocycles. The van der Waals surface area contributed by atoms with E-state index in [0.29, 0.717) is 29.9 Å². The van der Waals surface area contributed by atoms with Gasteiger partial charge in [-0.25, -0.2) is 4.99 Å². The minimum Gasteiger partial charge on any atom is -0.494 e. The zero-order valence-corrected chi connectivity index (χ0v) is 17.2. The summed E-state index contributed by atoms with van der Waals surface area (Å²) in [5.74, 6) is 0.0416. The van der Waals surface area contributed by atoms with E-state index < -0.39 is 0 Å². The number of nitrogens with zero attached hydrogens (tertiary/aromatic N) is 2. The van der Waals surface area contributed by atoms with Crippen molar-refractivity contribution >= 4 is 33.9 Å². The smallest absolute Gasteiger partial charge is 0.227 e. The van der Waals surface area contributed by atoms with Gasteiger partial charge < -0.3 is 20.7 Å². The molecular weight excluding hydrogens is 388 g/mol. The molecule has 4 N–H and O–H groups in total. The van der Waals surface area contributed by atoms with Gasteiger partial charge in [-0.3, -0.25) is 4.79 Å². The summed E-state index contributed by atoms with van der Waals surface area (Å²) in [5.41, 5.74) is 10.0. The number of aromatic amines is 1. The summed E-state index contributed by atoms with van der Waals surface area (Å²) < 4.78 is 0. The molecule has 3 aromatic carbocycles. The van der Waals surface area contributed by atoms with Crippen molar-refractivity contribution in [1.82, 2.24) is 4.98 Å². The van der Waals surface area contributed by atoms with Crippen molar-refractivity contribution in [3.8, 4) is 5.88 Å². The highest BCUT2D eigenvalue weighted by Crippen LogP contribution is 2.31. The molecule has 0 radical (unpaired) electrons. The molecule has 6 heteroatoms. The summed E-state index contributed by atoms with van der Waals surface area (Å²) in [5, 5.41) is 11.6. The summed E-state index contributed by atoms with van der Waals surface area (Å²) in [4.78, 5) is 21.6. The molecule has 0 saturated carbocycles. The highest BCUT2D eigenvalue weighted by Gasteiger charge is 2.18. The number of aromatic hydroxyl groups is 1. The number of aliphatic imine (C=N–C) groups is 1. The number of amides is 1. The molecule has 0 bridgehead atoms. The molecular formula is C25H24N4O2. The van der Waals surface area contributed by atoms with Gasteiger partial charge in [0, 0.05) is 42.2 Å². The van der Waals surface area contributed by atoms with Crippen LogP contribution in [0.4, 0.5) is 11.4 Å². The molecule has 1 aromatic heterocycles. The molecule has 156 valence electrons. The first-order valence-electron chi connectivity index (χ1n) is 10.1. The maximum atomic E-state index is 12.1. The number of hydrogen-bond donors (Lipinski definition) is 3. The number of nitrogens with two attached hydrogens (primary N) is 1. The average molecular weight is 412 g/mol. The molecule has 4 aromatic rings. The zero-order chi connectivity index (χ0) is 21.8. The Bertz CT molecular complexity index is 1230. The van der Waals surface area contributed by atoms with E-state index in [1.165, 1.54) is 0 Å². The van der Waals surface area contributed by atoms with Crippen molar-refractivity contribution in [2.45, 2.75) is 6.42 Å². The monoisotopic (exact) mass is 412 g/mol. The fraction of sp³-hybridized carbons (Fsp3) is 0.120. The number of carbonyl (C=O) groups excluding carboxylic acids is 1. The Kier molecular flexibility index (Phi) is 5.82. The maximum Gasteiger partial charge on any atom is 0.227 e. The number of carbonyl (C=O) groups is 1. The second-order valence-electron chi connectivity index (χ2n) is 7.23. The first-order chi connectivity index (χ1) is 15.1. The van der Waals surface area contributed by atoms with Gasteiger partial charge in [0.1, 0.15) is 0 Å². The third-order valence-electron chi connectivity index (χ3n) is 5.18. The van der Waals surface area contributed by atoms with Gasteiger partial charge in [-0.15, -0.1) is 0 Å². The second-order valence-corrected chi connectivity index (χ2v) is 7.23. The van der Waals surface area contributed by atoms with Crippen LogP contribution < -0.4 is 10.6 Å². The lowest BCUT2D eigenvalue weighted by molar-refractivity contribution is -0.118. The molecule has 0 aliphatic rings. The summed E-state index contributed by atoms with van der Waals surface area (Å²) in [6, 6.07) is 24.9. The van der Waals surface area contributed by atoms with E-state index in [4.69, 9.17) is 10.7 Å².